The van der Waals surface area contributed by atoms with E-state index in [1.165, 1.54) is 7.11 Å². The van der Waals surface area contributed by atoms with Crippen LogP contribution in [0, 0.1) is 6.92 Å². The van der Waals surface area contributed by atoms with E-state index in [1.54, 1.807) is 19.9 Å². The van der Waals surface area contributed by atoms with Gasteiger partial charge in [-0.1, -0.05) is 18.6 Å². The SMILES string of the molecule is CCC(=CCc1c(O)c2c(c(C)c1OC)COC2=O)CP(=O)(O)O. The number of phenolic OH excluding ortho intramolecular Hbond substituents is 1. The number of ether oxygens (including phenoxy) is 2. The lowest BCUT2D eigenvalue weighted by atomic mass is 9.95. The Morgan fingerprint density at radius 3 is 2.62 bits per heavy atom. The third-order valence-corrected chi connectivity index (χ3v) is 4.92. The van der Waals surface area contributed by atoms with Gasteiger partial charge in [0.05, 0.1) is 13.3 Å². The number of rotatable bonds is 6. The van der Waals surface area contributed by atoms with Gasteiger partial charge in [-0.2, -0.15) is 0 Å². The maximum Gasteiger partial charge on any atom is 0.342 e. The van der Waals surface area contributed by atoms with Crippen molar-refractivity contribution in [3.05, 3.63) is 33.9 Å². The molecule has 24 heavy (non-hydrogen) atoms. The zero-order chi connectivity index (χ0) is 18.1. The van der Waals surface area contributed by atoms with Gasteiger partial charge < -0.3 is 24.4 Å². The van der Waals surface area contributed by atoms with E-state index in [1.807, 2.05) is 0 Å². The molecule has 1 aromatic carbocycles. The molecule has 2 rings (SSSR count). The minimum Gasteiger partial charge on any atom is -0.507 e. The summed E-state index contributed by atoms with van der Waals surface area (Å²) in [5, 5.41) is 10.5. The Kier molecular flexibility index (Phi) is 5.38. The topological polar surface area (TPSA) is 113 Å². The van der Waals surface area contributed by atoms with E-state index < -0.39 is 13.6 Å². The molecule has 0 saturated heterocycles. The van der Waals surface area contributed by atoms with Crippen LogP contribution in [0.2, 0.25) is 0 Å². The van der Waals surface area contributed by atoms with Crippen LogP contribution >= 0.6 is 7.60 Å². The van der Waals surface area contributed by atoms with Gasteiger partial charge in [-0.25, -0.2) is 4.79 Å². The Morgan fingerprint density at radius 1 is 1.42 bits per heavy atom. The summed E-state index contributed by atoms with van der Waals surface area (Å²) >= 11 is 0. The first-order valence-electron chi connectivity index (χ1n) is 7.50. The molecule has 0 amide bonds. The number of benzene rings is 1. The number of methoxy groups -OCH3 is 1. The normalized spacial score (nSPS) is 14.5. The van der Waals surface area contributed by atoms with E-state index in [4.69, 9.17) is 19.3 Å². The van der Waals surface area contributed by atoms with E-state index in [9.17, 15) is 14.5 Å². The Labute approximate surface area is 140 Å². The molecule has 0 atom stereocenters. The zero-order valence-electron chi connectivity index (χ0n) is 13.8. The summed E-state index contributed by atoms with van der Waals surface area (Å²) < 4.78 is 21.5. The lowest BCUT2D eigenvalue weighted by Gasteiger charge is -2.16. The number of fused-ring (bicyclic) bond motifs is 1. The van der Waals surface area contributed by atoms with Crippen LogP contribution in [-0.2, 0) is 22.3 Å². The van der Waals surface area contributed by atoms with Crippen LogP contribution in [0.25, 0.3) is 0 Å². The zero-order valence-corrected chi connectivity index (χ0v) is 14.7. The van der Waals surface area contributed by atoms with Crippen LogP contribution in [0.1, 0.15) is 40.4 Å². The molecule has 0 spiro atoms. The Bertz CT molecular complexity index is 746. The van der Waals surface area contributed by atoms with Gasteiger partial charge in [0.1, 0.15) is 23.7 Å². The first kappa shape index (κ1) is 18.5. The average Bonchev–Trinajstić information content (AvgIpc) is 2.89. The summed E-state index contributed by atoms with van der Waals surface area (Å²) in [5.41, 5.74) is 2.44. The van der Waals surface area contributed by atoms with Crippen LogP contribution in [0.15, 0.2) is 11.6 Å². The monoisotopic (exact) mass is 356 g/mol. The standard InChI is InChI=1S/C16H21O7P/c1-4-10(8-24(19,20)21)5-6-11-14(17)13-12(7-23-16(13)18)9(2)15(11)22-3/h5,17H,4,6-8H2,1-3H3,(H2,19,20,21). The number of hydrogen-bond donors (Lipinski definition) is 3. The van der Waals surface area contributed by atoms with Gasteiger partial charge in [0, 0.05) is 11.1 Å². The third-order valence-electron chi connectivity index (χ3n) is 4.11. The van der Waals surface area contributed by atoms with Crippen molar-refractivity contribution in [1.29, 1.82) is 0 Å². The Hall–Kier alpha value is -1.82. The molecule has 7 nitrogen and oxygen atoms in total. The van der Waals surface area contributed by atoms with Crippen LogP contribution in [0.4, 0.5) is 0 Å². The maximum atomic E-state index is 11.8. The first-order valence-corrected chi connectivity index (χ1v) is 9.30. The lowest BCUT2D eigenvalue weighted by molar-refractivity contribution is 0.0533. The van der Waals surface area contributed by atoms with Gasteiger partial charge in [-0.05, 0) is 25.3 Å². The molecule has 8 heteroatoms. The molecular formula is C16H21O7P. The Balaban J connectivity index is 2.47. The number of carbonyl (C=O) groups excluding carboxylic acids is 1. The predicted molar refractivity (Wildman–Crippen MR) is 87.5 cm³/mol. The second kappa shape index (κ2) is 6.97. The molecular weight excluding hydrogens is 335 g/mol. The van der Waals surface area contributed by atoms with Crippen molar-refractivity contribution in [1.82, 2.24) is 0 Å². The van der Waals surface area contributed by atoms with E-state index in [0.29, 0.717) is 34.4 Å². The summed E-state index contributed by atoms with van der Waals surface area (Å²) in [5.74, 6) is -0.324. The van der Waals surface area contributed by atoms with Crippen molar-refractivity contribution in [2.75, 3.05) is 13.3 Å². The number of esters is 1. The molecule has 0 fully saturated rings. The van der Waals surface area contributed by atoms with Crippen LogP contribution in [0.5, 0.6) is 11.5 Å². The number of aromatic hydroxyl groups is 1. The fraction of sp³-hybridized carbons (Fsp3) is 0.438. The summed E-state index contributed by atoms with van der Waals surface area (Å²) in [4.78, 5) is 30.1. The molecule has 3 N–H and O–H groups in total. The molecule has 0 bridgehead atoms. The number of phenols is 1. The molecule has 0 aliphatic carbocycles. The average molecular weight is 356 g/mol. The van der Waals surface area contributed by atoms with E-state index in [-0.39, 0.29) is 30.5 Å². The molecule has 1 heterocycles. The van der Waals surface area contributed by atoms with Crippen molar-refractivity contribution < 1.29 is 33.7 Å². The molecule has 1 aliphatic heterocycles. The van der Waals surface area contributed by atoms with E-state index in [0.717, 1.165) is 0 Å². The highest BCUT2D eigenvalue weighted by Crippen LogP contribution is 2.42. The van der Waals surface area contributed by atoms with Crippen LogP contribution in [0.3, 0.4) is 0 Å². The van der Waals surface area contributed by atoms with Crippen molar-refractivity contribution >= 4 is 13.6 Å². The molecule has 0 saturated carbocycles. The quantitative estimate of drug-likeness (QED) is 0.407. The summed E-state index contributed by atoms with van der Waals surface area (Å²) in [7, 11) is -2.69. The van der Waals surface area contributed by atoms with Gasteiger partial charge in [0.25, 0.3) is 0 Å². The van der Waals surface area contributed by atoms with Crippen LogP contribution in [-0.4, -0.2) is 34.1 Å². The molecule has 0 aromatic heterocycles. The van der Waals surface area contributed by atoms with Gasteiger partial charge in [-0.3, -0.25) is 4.57 Å². The van der Waals surface area contributed by atoms with Gasteiger partial charge in [0.15, 0.2) is 0 Å². The minimum absolute atomic E-state index is 0.0957. The van der Waals surface area contributed by atoms with Crippen molar-refractivity contribution in [2.45, 2.75) is 33.3 Å². The molecule has 0 radical (unpaired) electrons. The first-order chi connectivity index (χ1) is 11.2. The number of allylic oxidation sites excluding steroid dienone is 2. The van der Waals surface area contributed by atoms with E-state index in [2.05, 4.69) is 0 Å². The fourth-order valence-corrected chi connectivity index (χ4v) is 3.74. The van der Waals surface area contributed by atoms with E-state index >= 15 is 0 Å². The molecule has 1 aromatic rings. The van der Waals surface area contributed by atoms with Gasteiger partial charge >= 0.3 is 13.6 Å². The largest absolute Gasteiger partial charge is 0.507 e. The van der Waals surface area contributed by atoms with Gasteiger partial charge in [0.2, 0.25) is 0 Å². The van der Waals surface area contributed by atoms with Crippen molar-refractivity contribution in [3.63, 3.8) is 0 Å². The number of cyclic esters (lactones) is 1. The maximum absolute atomic E-state index is 11.8. The Morgan fingerprint density at radius 2 is 2.08 bits per heavy atom. The third kappa shape index (κ3) is 3.64. The highest BCUT2D eigenvalue weighted by atomic mass is 31.2. The highest BCUT2D eigenvalue weighted by Gasteiger charge is 2.31. The summed E-state index contributed by atoms with van der Waals surface area (Å²) in [6.45, 7) is 3.67. The highest BCUT2D eigenvalue weighted by molar-refractivity contribution is 7.52. The van der Waals surface area contributed by atoms with Gasteiger partial charge in [-0.15, -0.1) is 0 Å². The fourth-order valence-electron chi connectivity index (χ4n) is 2.86. The van der Waals surface area contributed by atoms with Crippen molar-refractivity contribution in [2.24, 2.45) is 0 Å². The number of hydrogen-bond acceptors (Lipinski definition) is 5. The minimum atomic E-state index is -4.16. The number of carbonyl (C=O) groups is 1. The molecule has 0 unspecified atom stereocenters. The summed E-state index contributed by atoms with van der Waals surface area (Å²) in [6, 6.07) is 0. The van der Waals surface area contributed by atoms with Crippen LogP contribution < -0.4 is 4.74 Å². The second-order valence-electron chi connectivity index (χ2n) is 5.66. The second-order valence-corrected chi connectivity index (χ2v) is 7.30. The smallest absolute Gasteiger partial charge is 0.342 e. The lowest BCUT2D eigenvalue weighted by Crippen LogP contribution is -2.03. The van der Waals surface area contributed by atoms with Crippen molar-refractivity contribution in [3.8, 4) is 11.5 Å². The molecule has 132 valence electrons. The summed E-state index contributed by atoms with van der Waals surface area (Å²) in [6.07, 6.45) is 1.99. The predicted octanol–water partition coefficient (Wildman–Crippen LogP) is 2.44. The molecule has 1 aliphatic rings.